The van der Waals surface area contributed by atoms with Crippen LogP contribution in [-0.2, 0) is 5.33 Å². The van der Waals surface area contributed by atoms with Crippen LogP contribution in [0.4, 0.5) is 0 Å². The molecule has 17 heavy (non-hydrogen) atoms. The van der Waals surface area contributed by atoms with Crippen LogP contribution < -0.4 is 0 Å². The molecule has 0 aromatic heterocycles. The second kappa shape index (κ2) is 6.01. The van der Waals surface area contributed by atoms with Crippen molar-refractivity contribution in [1.82, 2.24) is 0 Å². The van der Waals surface area contributed by atoms with E-state index in [0.717, 1.165) is 5.33 Å². The molecule has 1 atom stereocenters. The summed E-state index contributed by atoms with van der Waals surface area (Å²) in [7, 11) is 0. The molecule has 2 aromatic rings. The average Bonchev–Trinajstić information content (AvgIpc) is 2.37. The molecule has 0 aliphatic carbocycles. The number of rotatable bonds is 4. The topological polar surface area (TPSA) is 0 Å². The lowest BCUT2D eigenvalue weighted by Gasteiger charge is -2.14. The second-order valence-electron chi connectivity index (χ2n) is 4.29. The summed E-state index contributed by atoms with van der Waals surface area (Å²) in [5, 5.41) is 3.56. The maximum Gasteiger partial charge on any atom is 0.0398 e. The third-order valence-corrected chi connectivity index (χ3v) is 4.59. The molecule has 0 spiro atoms. The van der Waals surface area contributed by atoms with E-state index in [1.54, 1.807) is 0 Å². The quantitative estimate of drug-likeness (QED) is 0.592. The van der Waals surface area contributed by atoms with Gasteiger partial charge in [-0.05, 0) is 40.5 Å². The van der Waals surface area contributed by atoms with Gasteiger partial charge in [-0.2, -0.15) is 0 Å². The molecule has 0 N–H and O–H groups in total. The fourth-order valence-electron chi connectivity index (χ4n) is 2.12. The molecule has 0 fully saturated rings. The van der Waals surface area contributed by atoms with Crippen molar-refractivity contribution in [3.63, 3.8) is 0 Å². The van der Waals surface area contributed by atoms with Gasteiger partial charge in [0.2, 0.25) is 0 Å². The number of halogens is 2. The summed E-state index contributed by atoms with van der Waals surface area (Å²) in [5.74, 6) is 0. The molecule has 1 unspecified atom stereocenters. The monoisotopic (exact) mass is 354 g/mol. The summed E-state index contributed by atoms with van der Waals surface area (Å²) in [5.41, 5.74) is 2.81. The fourth-order valence-corrected chi connectivity index (χ4v) is 3.49. The van der Waals surface area contributed by atoms with Crippen molar-refractivity contribution in [2.45, 2.75) is 29.9 Å². The van der Waals surface area contributed by atoms with E-state index >= 15 is 0 Å². The molecule has 0 saturated heterocycles. The highest BCUT2D eigenvalue weighted by molar-refractivity contribution is 9.09. The Bertz CT molecular complexity index is 505. The minimum atomic E-state index is 0.463. The zero-order valence-electron chi connectivity index (χ0n) is 9.92. The van der Waals surface area contributed by atoms with Gasteiger partial charge in [-0.25, -0.2) is 0 Å². The molecule has 0 saturated carbocycles. The van der Waals surface area contributed by atoms with Gasteiger partial charge in [-0.3, -0.25) is 0 Å². The van der Waals surface area contributed by atoms with E-state index in [1.807, 2.05) is 0 Å². The van der Waals surface area contributed by atoms with E-state index in [0.29, 0.717) is 4.83 Å². The van der Waals surface area contributed by atoms with Crippen molar-refractivity contribution in [3.05, 3.63) is 47.5 Å². The van der Waals surface area contributed by atoms with E-state index in [-0.39, 0.29) is 0 Å². The lowest BCUT2D eigenvalue weighted by atomic mass is 9.98. The van der Waals surface area contributed by atoms with Gasteiger partial charge >= 0.3 is 0 Å². The average molecular weight is 356 g/mol. The molecule has 0 aliphatic heterocycles. The molecule has 0 aliphatic rings. The molecular formula is C15H16Br2. The van der Waals surface area contributed by atoms with Crippen LogP contribution in [0.3, 0.4) is 0 Å². The number of benzene rings is 2. The maximum atomic E-state index is 3.80. The Morgan fingerprint density at radius 1 is 1.12 bits per heavy atom. The standard InChI is InChI=1S/C15H16Br2/c1-2-5-15(17)14-9-12-7-4-3-6-11(12)8-13(14)10-16/h3-4,6-9,15H,2,5,10H2,1H3. The van der Waals surface area contributed by atoms with E-state index < -0.39 is 0 Å². The third kappa shape index (κ3) is 2.92. The molecule has 0 bridgehead atoms. The molecule has 2 aromatic carbocycles. The summed E-state index contributed by atoms with van der Waals surface area (Å²) < 4.78 is 0. The molecule has 90 valence electrons. The summed E-state index contributed by atoms with van der Waals surface area (Å²) in [6.07, 6.45) is 2.38. The third-order valence-electron chi connectivity index (χ3n) is 3.03. The van der Waals surface area contributed by atoms with E-state index in [4.69, 9.17) is 0 Å². The Hall–Kier alpha value is -0.340. The molecule has 0 amide bonds. The molecule has 2 rings (SSSR count). The minimum absolute atomic E-state index is 0.463. The Labute approximate surface area is 120 Å². The first-order valence-corrected chi connectivity index (χ1v) is 8.01. The Kier molecular flexibility index (Phi) is 4.63. The minimum Gasteiger partial charge on any atom is -0.0876 e. The van der Waals surface area contributed by atoms with Gasteiger partial charge in [-0.1, -0.05) is 69.5 Å². The predicted octanol–water partition coefficient (Wildman–Crippen LogP) is 5.97. The van der Waals surface area contributed by atoms with Crippen molar-refractivity contribution < 1.29 is 0 Å². The van der Waals surface area contributed by atoms with Crippen molar-refractivity contribution in [2.75, 3.05) is 0 Å². The van der Waals surface area contributed by atoms with E-state index in [1.165, 1.54) is 34.7 Å². The summed E-state index contributed by atoms with van der Waals surface area (Å²) in [6, 6.07) is 13.2. The molecule has 2 heteroatoms. The van der Waals surface area contributed by atoms with Crippen LogP contribution in [0.1, 0.15) is 35.7 Å². The fraction of sp³-hybridized carbons (Fsp3) is 0.333. The molecule has 0 nitrogen and oxygen atoms in total. The molecular weight excluding hydrogens is 340 g/mol. The van der Waals surface area contributed by atoms with Crippen LogP contribution in [0, 0.1) is 0 Å². The summed E-state index contributed by atoms with van der Waals surface area (Å²) in [4.78, 5) is 0.463. The lowest BCUT2D eigenvalue weighted by Crippen LogP contribution is -1.95. The van der Waals surface area contributed by atoms with Crippen molar-refractivity contribution in [1.29, 1.82) is 0 Å². The largest absolute Gasteiger partial charge is 0.0876 e. The van der Waals surface area contributed by atoms with Crippen LogP contribution in [0.25, 0.3) is 10.8 Å². The highest BCUT2D eigenvalue weighted by atomic mass is 79.9. The van der Waals surface area contributed by atoms with Gasteiger partial charge in [0.1, 0.15) is 0 Å². The number of hydrogen-bond acceptors (Lipinski definition) is 0. The molecule has 0 heterocycles. The first-order valence-electron chi connectivity index (χ1n) is 5.98. The zero-order chi connectivity index (χ0) is 12.3. The van der Waals surface area contributed by atoms with Gasteiger partial charge in [0, 0.05) is 10.2 Å². The highest BCUT2D eigenvalue weighted by Crippen LogP contribution is 2.34. The number of alkyl halides is 2. The maximum absolute atomic E-state index is 3.80. The first-order chi connectivity index (χ1) is 8.26. The molecule has 0 radical (unpaired) electrons. The van der Waals surface area contributed by atoms with Gasteiger partial charge in [-0.15, -0.1) is 0 Å². The van der Waals surface area contributed by atoms with Crippen LogP contribution in [0.5, 0.6) is 0 Å². The second-order valence-corrected chi connectivity index (χ2v) is 5.95. The van der Waals surface area contributed by atoms with Crippen molar-refractivity contribution >= 4 is 42.6 Å². The Balaban J connectivity index is 2.52. The lowest BCUT2D eigenvalue weighted by molar-refractivity contribution is 0.785. The Morgan fingerprint density at radius 3 is 2.35 bits per heavy atom. The van der Waals surface area contributed by atoms with Gasteiger partial charge < -0.3 is 0 Å². The van der Waals surface area contributed by atoms with Crippen LogP contribution in [-0.4, -0.2) is 0 Å². The van der Waals surface area contributed by atoms with Crippen LogP contribution >= 0.6 is 31.9 Å². The van der Waals surface area contributed by atoms with Crippen molar-refractivity contribution in [2.24, 2.45) is 0 Å². The van der Waals surface area contributed by atoms with Gasteiger partial charge in [0.25, 0.3) is 0 Å². The zero-order valence-corrected chi connectivity index (χ0v) is 13.1. The highest BCUT2D eigenvalue weighted by Gasteiger charge is 2.12. The first kappa shape index (κ1) is 13.1. The summed E-state index contributed by atoms with van der Waals surface area (Å²) >= 11 is 7.40. The number of fused-ring (bicyclic) bond motifs is 1. The summed E-state index contributed by atoms with van der Waals surface area (Å²) in [6.45, 7) is 2.23. The van der Waals surface area contributed by atoms with E-state index in [2.05, 4.69) is 75.2 Å². The van der Waals surface area contributed by atoms with Gasteiger partial charge in [0.05, 0.1) is 0 Å². The number of hydrogen-bond donors (Lipinski definition) is 0. The van der Waals surface area contributed by atoms with Crippen molar-refractivity contribution in [3.8, 4) is 0 Å². The van der Waals surface area contributed by atoms with Gasteiger partial charge in [0.15, 0.2) is 0 Å². The van der Waals surface area contributed by atoms with Crippen LogP contribution in [0.15, 0.2) is 36.4 Å². The van der Waals surface area contributed by atoms with Crippen LogP contribution in [0.2, 0.25) is 0 Å². The smallest absolute Gasteiger partial charge is 0.0398 e. The Morgan fingerprint density at radius 2 is 1.76 bits per heavy atom. The van der Waals surface area contributed by atoms with E-state index in [9.17, 15) is 0 Å². The predicted molar refractivity (Wildman–Crippen MR) is 83.2 cm³/mol. The SMILES string of the molecule is CCCC(Br)c1cc2ccccc2cc1CBr. The normalized spacial score (nSPS) is 12.9.